The first kappa shape index (κ1) is 20.0. The van der Waals surface area contributed by atoms with Crippen LogP contribution in [0.4, 0.5) is 0 Å². The highest BCUT2D eigenvalue weighted by atomic mass is 16.2. The Balaban J connectivity index is 1.86. The molecule has 1 atom stereocenters. The SMILES string of the molecule is CC(C)=CCN1CCNC(=O)[C@@H]1CC(=O)NCCc1nc(C)cc(C)n1. The molecule has 0 saturated carbocycles. The Morgan fingerprint density at radius 1 is 1.35 bits per heavy atom. The van der Waals surface area contributed by atoms with E-state index in [-0.39, 0.29) is 18.2 Å². The summed E-state index contributed by atoms with van der Waals surface area (Å²) >= 11 is 0. The lowest BCUT2D eigenvalue weighted by Crippen LogP contribution is -2.56. The maximum atomic E-state index is 12.3. The molecule has 1 aromatic heterocycles. The van der Waals surface area contributed by atoms with E-state index in [2.05, 4.69) is 31.6 Å². The molecule has 0 bridgehead atoms. The van der Waals surface area contributed by atoms with Gasteiger partial charge in [0.05, 0.1) is 12.5 Å². The number of carbonyl (C=O) groups excluding carboxylic acids is 2. The maximum absolute atomic E-state index is 12.3. The van der Waals surface area contributed by atoms with Crippen molar-refractivity contribution >= 4 is 11.8 Å². The molecule has 1 aromatic rings. The highest BCUT2D eigenvalue weighted by molar-refractivity contribution is 5.88. The van der Waals surface area contributed by atoms with Crippen LogP contribution in [0, 0.1) is 13.8 Å². The van der Waals surface area contributed by atoms with Crippen molar-refractivity contribution in [2.24, 2.45) is 0 Å². The number of piperazine rings is 1. The van der Waals surface area contributed by atoms with Crippen molar-refractivity contribution < 1.29 is 9.59 Å². The first-order chi connectivity index (χ1) is 12.3. The molecule has 2 heterocycles. The third-order valence-electron chi connectivity index (χ3n) is 4.25. The second kappa shape index (κ2) is 9.43. The quantitative estimate of drug-likeness (QED) is 0.707. The number of rotatable bonds is 7. The molecule has 7 nitrogen and oxygen atoms in total. The van der Waals surface area contributed by atoms with Crippen molar-refractivity contribution in [1.29, 1.82) is 0 Å². The fraction of sp³-hybridized carbons (Fsp3) is 0.579. The topological polar surface area (TPSA) is 87.2 Å². The van der Waals surface area contributed by atoms with Crippen LogP contribution in [0.15, 0.2) is 17.7 Å². The van der Waals surface area contributed by atoms with Crippen LogP contribution >= 0.6 is 0 Å². The molecule has 0 spiro atoms. The van der Waals surface area contributed by atoms with Gasteiger partial charge in [-0.15, -0.1) is 0 Å². The van der Waals surface area contributed by atoms with Gasteiger partial charge in [0.1, 0.15) is 5.82 Å². The Kier molecular flexibility index (Phi) is 7.26. The molecular formula is C19H29N5O2. The lowest BCUT2D eigenvalue weighted by Gasteiger charge is -2.34. The first-order valence-electron chi connectivity index (χ1n) is 9.08. The lowest BCUT2D eigenvalue weighted by atomic mass is 10.1. The summed E-state index contributed by atoms with van der Waals surface area (Å²) in [7, 11) is 0. The largest absolute Gasteiger partial charge is 0.356 e. The van der Waals surface area contributed by atoms with E-state index in [0.717, 1.165) is 23.8 Å². The van der Waals surface area contributed by atoms with E-state index in [1.807, 2.05) is 33.8 Å². The van der Waals surface area contributed by atoms with Gasteiger partial charge in [0.15, 0.2) is 0 Å². The molecule has 2 rings (SSSR count). The van der Waals surface area contributed by atoms with Crippen molar-refractivity contribution in [3.63, 3.8) is 0 Å². The van der Waals surface area contributed by atoms with Crippen LogP contribution in [0.25, 0.3) is 0 Å². The number of nitrogens with zero attached hydrogens (tertiary/aromatic N) is 3. The second-order valence-corrected chi connectivity index (χ2v) is 6.95. The van der Waals surface area contributed by atoms with Crippen LogP contribution < -0.4 is 10.6 Å². The number of aromatic nitrogens is 2. The van der Waals surface area contributed by atoms with E-state index in [0.29, 0.717) is 26.1 Å². The number of aryl methyl sites for hydroxylation is 2. The van der Waals surface area contributed by atoms with Gasteiger partial charge in [-0.05, 0) is 33.8 Å². The Hall–Kier alpha value is -2.28. The van der Waals surface area contributed by atoms with Gasteiger partial charge in [0.25, 0.3) is 0 Å². The van der Waals surface area contributed by atoms with Gasteiger partial charge in [-0.1, -0.05) is 11.6 Å². The summed E-state index contributed by atoms with van der Waals surface area (Å²) < 4.78 is 0. The van der Waals surface area contributed by atoms with Gasteiger partial charge in [-0.2, -0.15) is 0 Å². The van der Waals surface area contributed by atoms with Gasteiger partial charge >= 0.3 is 0 Å². The van der Waals surface area contributed by atoms with Crippen LogP contribution in [-0.2, 0) is 16.0 Å². The summed E-state index contributed by atoms with van der Waals surface area (Å²) in [5, 5.41) is 5.73. The fourth-order valence-corrected chi connectivity index (χ4v) is 2.97. The lowest BCUT2D eigenvalue weighted by molar-refractivity contribution is -0.133. The van der Waals surface area contributed by atoms with Crippen molar-refractivity contribution in [2.45, 2.75) is 46.6 Å². The minimum atomic E-state index is -0.420. The number of allylic oxidation sites excluding steroid dienone is 1. The Labute approximate surface area is 155 Å². The Morgan fingerprint density at radius 2 is 2.04 bits per heavy atom. The number of amides is 2. The molecule has 0 aliphatic carbocycles. The minimum absolute atomic E-state index is 0.0776. The number of hydrogen-bond donors (Lipinski definition) is 2. The van der Waals surface area contributed by atoms with E-state index < -0.39 is 6.04 Å². The van der Waals surface area contributed by atoms with Crippen LogP contribution in [0.1, 0.15) is 37.5 Å². The summed E-state index contributed by atoms with van der Waals surface area (Å²) in [5.74, 6) is 0.521. The molecule has 2 N–H and O–H groups in total. The van der Waals surface area contributed by atoms with Crippen molar-refractivity contribution in [1.82, 2.24) is 25.5 Å². The van der Waals surface area contributed by atoms with Gasteiger partial charge in [-0.25, -0.2) is 9.97 Å². The molecule has 1 aliphatic rings. The van der Waals surface area contributed by atoms with Gasteiger partial charge in [0, 0.05) is 44.0 Å². The molecule has 1 aliphatic heterocycles. The van der Waals surface area contributed by atoms with Gasteiger partial charge in [-0.3, -0.25) is 14.5 Å². The molecular weight excluding hydrogens is 330 g/mol. The van der Waals surface area contributed by atoms with Crippen LogP contribution in [0.2, 0.25) is 0 Å². The van der Waals surface area contributed by atoms with Crippen LogP contribution in [-0.4, -0.2) is 58.9 Å². The molecule has 1 fully saturated rings. The van der Waals surface area contributed by atoms with E-state index in [9.17, 15) is 9.59 Å². The summed E-state index contributed by atoms with van der Waals surface area (Å²) in [6.07, 6.45) is 2.82. The van der Waals surface area contributed by atoms with E-state index in [1.165, 1.54) is 5.57 Å². The zero-order valence-corrected chi connectivity index (χ0v) is 16.1. The predicted octanol–water partition coefficient (Wildman–Crippen LogP) is 0.909. The number of hydrogen-bond acceptors (Lipinski definition) is 5. The molecule has 0 radical (unpaired) electrons. The molecule has 1 saturated heterocycles. The summed E-state index contributed by atoms with van der Waals surface area (Å²) in [4.78, 5) is 35.3. The smallest absolute Gasteiger partial charge is 0.237 e. The first-order valence-corrected chi connectivity index (χ1v) is 9.08. The van der Waals surface area contributed by atoms with Crippen molar-refractivity contribution in [2.75, 3.05) is 26.2 Å². The van der Waals surface area contributed by atoms with Crippen LogP contribution in [0.5, 0.6) is 0 Å². The van der Waals surface area contributed by atoms with E-state index in [4.69, 9.17) is 0 Å². The molecule has 142 valence electrons. The third kappa shape index (κ3) is 6.22. The Bertz CT molecular complexity index is 662. The van der Waals surface area contributed by atoms with Gasteiger partial charge in [0.2, 0.25) is 11.8 Å². The Morgan fingerprint density at radius 3 is 2.69 bits per heavy atom. The summed E-state index contributed by atoms with van der Waals surface area (Å²) in [5.41, 5.74) is 3.05. The average Bonchev–Trinajstić information content (AvgIpc) is 2.54. The van der Waals surface area contributed by atoms with Crippen molar-refractivity contribution in [3.8, 4) is 0 Å². The average molecular weight is 359 g/mol. The second-order valence-electron chi connectivity index (χ2n) is 6.95. The summed E-state index contributed by atoms with van der Waals surface area (Å²) in [6, 6.07) is 1.50. The molecule has 2 amide bonds. The van der Waals surface area contributed by atoms with Crippen LogP contribution in [0.3, 0.4) is 0 Å². The zero-order valence-electron chi connectivity index (χ0n) is 16.1. The highest BCUT2D eigenvalue weighted by Crippen LogP contribution is 2.10. The van der Waals surface area contributed by atoms with E-state index >= 15 is 0 Å². The maximum Gasteiger partial charge on any atom is 0.237 e. The zero-order chi connectivity index (χ0) is 19.1. The van der Waals surface area contributed by atoms with Gasteiger partial charge < -0.3 is 10.6 Å². The highest BCUT2D eigenvalue weighted by Gasteiger charge is 2.30. The normalized spacial score (nSPS) is 17.5. The summed E-state index contributed by atoms with van der Waals surface area (Å²) in [6.45, 7) is 10.4. The number of carbonyl (C=O) groups is 2. The monoisotopic (exact) mass is 359 g/mol. The van der Waals surface area contributed by atoms with E-state index in [1.54, 1.807) is 0 Å². The molecule has 26 heavy (non-hydrogen) atoms. The number of nitrogens with one attached hydrogen (secondary N) is 2. The van der Waals surface area contributed by atoms with Crippen molar-refractivity contribution in [3.05, 3.63) is 34.9 Å². The molecule has 7 heteroatoms. The molecule has 0 unspecified atom stereocenters. The predicted molar refractivity (Wildman–Crippen MR) is 101 cm³/mol. The minimum Gasteiger partial charge on any atom is -0.356 e. The standard InChI is InChI=1S/C19H29N5O2/c1-13(2)6-9-24-10-8-21-19(26)16(24)12-18(25)20-7-5-17-22-14(3)11-15(4)23-17/h6,11,16H,5,7-10,12H2,1-4H3,(H,20,25)(H,21,26)/t16-/m0/s1. The third-order valence-corrected chi connectivity index (χ3v) is 4.25. The fourth-order valence-electron chi connectivity index (χ4n) is 2.97. The molecule has 0 aromatic carbocycles.